The molecule has 0 aliphatic heterocycles. The highest BCUT2D eigenvalue weighted by molar-refractivity contribution is 9.10. The Morgan fingerprint density at radius 1 is 1.46 bits per heavy atom. The van der Waals surface area contributed by atoms with Crippen molar-refractivity contribution in [1.29, 1.82) is 0 Å². The monoisotopic (exact) mass is 247 g/mol. The molecular weight excluding hydrogens is 237 g/mol. The molecule has 1 rings (SSSR count). The van der Waals surface area contributed by atoms with Crippen molar-refractivity contribution < 1.29 is 9.13 Å². The van der Waals surface area contributed by atoms with Gasteiger partial charge in [0.2, 0.25) is 0 Å². The molecule has 0 aromatic heterocycles. The van der Waals surface area contributed by atoms with Gasteiger partial charge in [0.05, 0.1) is 11.8 Å². The smallest absolute Gasteiger partial charge is 0.146 e. The van der Waals surface area contributed by atoms with Crippen molar-refractivity contribution in [3.63, 3.8) is 0 Å². The zero-order valence-electron chi connectivity index (χ0n) is 7.47. The lowest BCUT2D eigenvalue weighted by Gasteiger charge is -2.12. The summed E-state index contributed by atoms with van der Waals surface area (Å²) in [5.41, 5.74) is 6.09. The van der Waals surface area contributed by atoms with Crippen molar-refractivity contribution in [1.82, 2.24) is 0 Å². The molecule has 0 bridgehead atoms. The van der Waals surface area contributed by atoms with Gasteiger partial charge in [-0.2, -0.15) is 0 Å². The van der Waals surface area contributed by atoms with E-state index in [-0.39, 0.29) is 11.9 Å². The van der Waals surface area contributed by atoms with Crippen LogP contribution in [0.15, 0.2) is 16.6 Å². The number of nitrogens with two attached hydrogens (primary N) is 1. The van der Waals surface area contributed by atoms with Crippen LogP contribution < -0.4 is 10.5 Å². The lowest BCUT2D eigenvalue weighted by Crippen LogP contribution is -2.08. The number of halogens is 2. The van der Waals surface area contributed by atoms with E-state index in [0.717, 1.165) is 0 Å². The van der Waals surface area contributed by atoms with Gasteiger partial charge in [0.1, 0.15) is 11.6 Å². The second-order valence-corrected chi connectivity index (χ2v) is 3.82. The Balaban J connectivity index is 3.05. The Labute approximate surface area is 85.0 Å². The van der Waals surface area contributed by atoms with Crippen molar-refractivity contribution in [2.45, 2.75) is 20.0 Å². The molecule has 0 saturated heterocycles. The van der Waals surface area contributed by atoms with Crippen molar-refractivity contribution in [2.75, 3.05) is 5.73 Å². The van der Waals surface area contributed by atoms with E-state index in [1.54, 1.807) is 0 Å². The molecule has 2 nitrogen and oxygen atoms in total. The standard InChI is InChI=1S/C9H11BrFNO/c1-5(2)13-8-4-6(11)3-7(10)9(8)12/h3-5H,12H2,1-2H3. The fourth-order valence-corrected chi connectivity index (χ4v) is 1.33. The van der Waals surface area contributed by atoms with Crippen molar-refractivity contribution in [3.8, 4) is 5.75 Å². The van der Waals surface area contributed by atoms with E-state index < -0.39 is 0 Å². The van der Waals surface area contributed by atoms with Crippen LogP contribution in [0.1, 0.15) is 13.8 Å². The molecule has 0 amide bonds. The fraction of sp³-hybridized carbons (Fsp3) is 0.333. The van der Waals surface area contributed by atoms with Gasteiger partial charge in [0, 0.05) is 10.5 Å². The summed E-state index contributed by atoms with van der Waals surface area (Å²) in [7, 11) is 0. The van der Waals surface area contributed by atoms with Gasteiger partial charge < -0.3 is 10.5 Å². The van der Waals surface area contributed by atoms with Crippen LogP contribution >= 0.6 is 15.9 Å². The van der Waals surface area contributed by atoms with E-state index in [1.807, 2.05) is 13.8 Å². The summed E-state index contributed by atoms with van der Waals surface area (Å²) in [5, 5.41) is 0. The second kappa shape index (κ2) is 3.96. The van der Waals surface area contributed by atoms with Crippen LogP contribution in [0.2, 0.25) is 0 Å². The molecule has 2 N–H and O–H groups in total. The van der Waals surface area contributed by atoms with E-state index in [1.165, 1.54) is 12.1 Å². The van der Waals surface area contributed by atoms with E-state index in [0.29, 0.717) is 15.9 Å². The van der Waals surface area contributed by atoms with E-state index in [4.69, 9.17) is 10.5 Å². The quantitative estimate of drug-likeness (QED) is 0.816. The van der Waals surface area contributed by atoms with Crippen LogP contribution in [0, 0.1) is 5.82 Å². The third-order valence-corrected chi connectivity index (χ3v) is 2.08. The van der Waals surface area contributed by atoms with Gasteiger partial charge in [-0.05, 0) is 35.8 Å². The largest absolute Gasteiger partial charge is 0.489 e. The Morgan fingerprint density at radius 2 is 2.08 bits per heavy atom. The van der Waals surface area contributed by atoms with Gasteiger partial charge in [-0.3, -0.25) is 0 Å². The predicted octanol–water partition coefficient (Wildman–Crippen LogP) is 2.96. The van der Waals surface area contributed by atoms with Crippen LogP contribution in [0.4, 0.5) is 10.1 Å². The average molecular weight is 248 g/mol. The first-order valence-electron chi connectivity index (χ1n) is 3.92. The van der Waals surface area contributed by atoms with Gasteiger partial charge in [-0.25, -0.2) is 4.39 Å². The topological polar surface area (TPSA) is 35.2 Å². The molecule has 0 heterocycles. The van der Waals surface area contributed by atoms with E-state index in [2.05, 4.69) is 15.9 Å². The molecule has 4 heteroatoms. The molecule has 1 aromatic rings. The first-order valence-corrected chi connectivity index (χ1v) is 4.71. The lowest BCUT2D eigenvalue weighted by molar-refractivity contribution is 0.242. The minimum atomic E-state index is -0.364. The number of ether oxygens (including phenoxy) is 1. The maximum Gasteiger partial charge on any atom is 0.146 e. The van der Waals surface area contributed by atoms with Gasteiger partial charge >= 0.3 is 0 Å². The molecule has 0 spiro atoms. The van der Waals surface area contributed by atoms with E-state index >= 15 is 0 Å². The highest BCUT2D eigenvalue weighted by Crippen LogP contribution is 2.31. The lowest BCUT2D eigenvalue weighted by atomic mass is 10.3. The summed E-state index contributed by atoms with van der Waals surface area (Å²) >= 11 is 3.14. The molecule has 13 heavy (non-hydrogen) atoms. The zero-order chi connectivity index (χ0) is 10.0. The van der Waals surface area contributed by atoms with Crippen molar-refractivity contribution >= 4 is 21.6 Å². The summed E-state index contributed by atoms with van der Waals surface area (Å²) in [4.78, 5) is 0. The van der Waals surface area contributed by atoms with Crippen LogP contribution in [-0.4, -0.2) is 6.10 Å². The minimum absolute atomic E-state index is 0.0176. The first kappa shape index (κ1) is 10.3. The Hall–Kier alpha value is -0.770. The van der Waals surface area contributed by atoms with Crippen LogP contribution in [0.25, 0.3) is 0 Å². The predicted molar refractivity (Wildman–Crippen MR) is 54.3 cm³/mol. The van der Waals surface area contributed by atoms with Crippen molar-refractivity contribution in [2.24, 2.45) is 0 Å². The Morgan fingerprint density at radius 3 is 2.62 bits per heavy atom. The molecule has 1 aromatic carbocycles. The average Bonchev–Trinajstić information content (AvgIpc) is 1.98. The normalized spacial score (nSPS) is 10.5. The number of anilines is 1. The maximum atomic E-state index is 12.9. The second-order valence-electron chi connectivity index (χ2n) is 2.97. The summed E-state index contributed by atoms with van der Waals surface area (Å²) in [6, 6.07) is 2.59. The zero-order valence-corrected chi connectivity index (χ0v) is 9.06. The van der Waals surface area contributed by atoms with Crippen LogP contribution in [0.5, 0.6) is 5.75 Å². The molecule has 0 unspecified atom stereocenters. The van der Waals surface area contributed by atoms with Crippen LogP contribution in [0.3, 0.4) is 0 Å². The number of hydrogen-bond donors (Lipinski definition) is 1. The van der Waals surface area contributed by atoms with Gasteiger partial charge in [0.15, 0.2) is 0 Å². The summed E-state index contributed by atoms with van der Waals surface area (Å²) in [5.74, 6) is 0.0126. The van der Waals surface area contributed by atoms with Gasteiger partial charge in [-0.15, -0.1) is 0 Å². The molecule has 0 radical (unpaired) electrons. The number of hydrogen-bond acceptors (Lipinski definition) is 2. The maximum absolute atomic E-state index is 12.9. The summed E-state index contributed by atoms with van der Waals surface area (Å²) < 4.78 is 18.7. The molecule has 0 aliphatic rings. The highest BCUT2D eigenvalue weighted by atomic mass is 79.9. The number of benzene rings is 1. The fourth-order valence-electron chi connectivity index (χ4n) is 0.913. The molecule has 0 aliphatic carbocycles. The summed E-state index contributed by atoms with van der Waals surface area (Å²) in [6.07, 6.45) is -0.0176. The highest BCUT2D eigenvalue weighted by Gasteiger charge is 2.08. The van der Waals surface area contributed by atoms with Crippen LogP contribution in [-0.2, 0) is 0 Å². The molecular formula is C9H11BrFNO. The summed E-state index contributed by atoms with van der Waals surface area (Å²) in [6.45, 7) is 3.72. The first-order chi connectivity index (χ1) is 6.00. The minimum Gasteiger partial charge on any atom is -0.489 e. The number of rotatable bonds is 2. The molecule has 0 fully saturated rings. The van der Waals surface area contributed by atoms with Gasteiger partial charge in [0.25, 0.3) is 0 Å². The molecule has 72 valence electrons. The third kappa shape index (κ3) is 2.59. The van der Waals surface area contributed by atoms with E-state index in [9.17, 15) is 4.39 Å². The Kier molecular flexibility index (Phi) is 3.14. The van der Waals surface area contributed by atoms with Gasteiger partial charge in [-0.1, -0.05) is 0 Å². The Bertz CT molecular complexity index is 315. The SMILES string of the molecule is CC(C)Oc1cc(F)cc(Br)c1N. The number of nitrogen functional groups attached to an aromatic ring is 1. The third-order valence-electron chi connectivity index (χ3n) is 1.42. The van der Waals surface area contributed by atoms with Crippen molar-refractivity contribution in [3.05, 3.63) is 22.4 Å². The molecule has 0 saturated carbocycles. The molecule has 0 atom stereocenters.